The highest BCUT2D eigenvalue weighted by Crippen LogP contribution is 1.95. The monoisotopic (exact) mass is 147 g/mol. The zero-order valence-electron chi connectivity index (χ0n) is 6.16. The summed E-state index contributed by atoms with van der Waals surface area (Å²) in [4.78, 5) is 11.1. The van der Waals surface area contributed by atoms with E-state index in [4.69, 9.17) is 6.42 Å². The van der Waals surface area contributed by atoms with Gasteiger partial charge in [-0.25, -0.2) is 0 Å². The van der Waals surface area contributed by atoms with E-state index in [9.17, 15) is 4.79 Å². The van der Waals surface area contributed by atoms with E-state index in [1.54, 1.807) is 12.4 Å². The number of hydrogen-bond acceptors (Lipinski definition) is 1. The average molecular weight is 147 g/mol. The maximum Gasteiger partial charge on any atom is 0.231 e. The first kappa shape index (κ1) is 7.62. The van der Waals surface area contributed by atoms with Crippen molar-refractivity contribution in [2.24, 2.45) is 0 Å². The van der Waals surface area contributed by atoms with Crippen molar-refractivity contribution in [3.8, 4) is 12.3 Å². The van der Waals surface area contributed by atoms with Gasteiger partial charge in [-0.1, -0.05) is 0 Å². The molecule has 0 saturated heterocycles. The minimum Gasteiger partial charge on any atom is -0.295 e. The van der Waals surface area contributed by atoms with E-state index in [2.05, 4.69) is 5.92 Å². The molecule has 0 fully saturated rings. The normalized spacial score (nSPS) is 9.00. The Morgan fingerprint density at radius 1 is 1.45 bits per heavy atom. The molecule has 11 heavy (non-hydrogen) atoms. The third-order valence-corrected chi connectivity index (χ3v) is 1.38. The number of aromatic nitrogens is 1. The molecule has 0 N–H and O–H groups in total. The Morgan fingerprint density at radius 2 is 2.09 bits per heavy atom. The highest BCUT2D eigenvalue weighted by atomic mass is 16.1. The van der Waals surface area contributed by atoms with Gasteiger partial charge in [0.2, 0.25) is 5.91 Å². The molecule has 56 valence electrons. The van der Waals surface area contributed by atoms with Crippen LogP contribution in [-0.2, 0) is 0 Å². The van der Waals surface area contributed by atoms with E-state index in [0.717, 1.165) is 0 Å². The molecule has 1 heterocycles. The second-order valence-corrected chi connectivity index (χ2v) is 2.19. The third-order valence-electron chi connectivity index (χ3n) is 1.38. The van der Waals surface area contributed by atoms with Gasteiger partial charge in [0.1, 0.15) is 0 Å². The molecular formula is C9H9NO. The molecule has 0 aliphatic rings. The molecule has 0 saturated carbocycles. The molecule has 2 nitrogen and oxygen atoms in total. The molecule has 0 aliphatic carbocycles. The van der Waals surface area contributed by atoms with E-state index in [-0.39, 0.29) is 5.91 Å². The van der Waals surface area contributed by atoms with Crippen molar-refractivity contribution in [2.45, 2.75) is 12.8 Å². The van der Waals surface area contributed by atoms with Crippen molar-refractivity contribution >= 4 is 5.91 Å². The van der Waals surface area contributed by atoms with Crippen LogP contribution in [0.2, 0.25) is 0 Å². The molecule has 1 rings (SSSR count). The Hall–Kier alpha value is -1.49. The molecule has 1 aromatic rings. The lowest BCUT2D eigenvalue weighted by molar-refractivity contribution is 0.0905. The molecule has 0 aromatic carbocycles. The first-order valence-electron chi connectivity index (χ1n) is 3.44. The average Bonchev–Trinajstić information content (AvgIpc) is 2.52. The smallest absolute Gasteiger partial charge is 0.231 e. The summed E-state index contributed by atoms with van der Waals surface area (Å²) in [6.45, 7) is 0. The zero-order valence-corrected chi connectivity index (χ0v) is 6.16. The van der Waals surface area contributed by atoms with Crippen molar-refractivity contribution in [3.05, 3.63) is 24.5 Å². The molecular weight excluding hydrogens is 138 g/mol. The number of carbonyl (C=O) groups excluding carboxylic acids is 1. The van der Waals surface area contributed by atoms with Crippen LogP contribution in [0.25, 0.3) is 0 Å². The van der Waals surface area contributed by atoms with E-state index >= 15 is 0 Å². The van der Waals surface area contributed by atoms with Gasteiger partial charge >= 0.3 is 0 Å². The highest BCUT2D eigenvalue weighted by molar-refractivity contribution is 5.79. The summed E-state index contributed by atoms with van der Waals surface area (Å²) in [5, 5.41) is 0. The van der Waals surface area contributed by atoms with Gasteiger partial charge in [0.15, 0.2) is 0 Å². The summed E-state index contributed by atoms with van der Waals surface area (Å²) in [6, 6.07) is 3.63. The molecule has 0 atom stereocenters. The van der Waals surface area contributed by atoms with Crippen LogP contribution in [0.1, 0.15) is 17.6 Å². The Bertz CT molecular complexity index is 266. The number of nitrogens with zero attached hydrogens (tertiary/aromatic N) is 1. The lowest BCUT2D eigenvalue weighted by atomic mass is 10.3. The van der Waals surface area contributed by atoms with Gasteiger partial charge in [0.25, 0.3) is 0 Å². The van der Waals surface area contributed by atoms with Crippen molar-refractivity contribution in [1.29, 1.82) is 0 Å². The molecule has 0 unspecified atom stereocenters. The number of rotatable bonds is 2. The van der Waals surface area contributed by atoms with Gasteiger partial charge in [0.05, 0.1) is 0 Å². The summed E-state index contributed by atoms with van der Waals surface area (Å²) in [6.07, 6.45) is 9.39. The van der Waals surface area contributed by atoms with E-state index in [1.165, 1.54) is 4.57 Å². The van der Waals surface area contributed by atoms with Crippen LogP contribution in [0.15, 0.2) is 24.5 Å². The van der Waals surface area contributed by atoms with E-state index in [0.29, 0.717) is 12.8 Å². The van der Waals surface area contributed by atoms with Crippen LogP contribution in [0, 0.1) is 12.3 Å². The second-order valence-electron chi connectivity index (χ2n) is 2.19. The fourth-order valence-electron chi connectivity index (χ4n) is 0.809. The van der Waals surface area contributed by atoms with Gasteiger partial charge in [-0.2, -0.15) is 0 Å². The molecule has 1 aromatic heterocycles. The Balaban J connectivity index is 2.51. The highest BCUT2D eigenvalue weighted by Gasteiger charge is 1.99. The van der Waals surface area contributed by atoms with Crippen molar-refractivity contribution in [1.82, 2.24) is 4.57 Å². The number of carbonyl (C=O) groups is 1. The Labute approximate surface area is 65.8 Å². The molecule has 0 bridgehead atoms. The fourth-order valence-corrected chi connectivity index (χ4v) is 0.809. The molecule has 0 amide bonds. The SMILES string of the molecule is C#CCCC(=O)n1cccc1. The van der Waals surface area contributed by atoms with Crippen molar-refractivity contribution in [3.63, 3.8) is 0 Å². The van der Waals surface area contributed by atoms with Crippen LogP contribution < -0.4 is 0 Å². The summed E-state index contributed by atoms with van der Waals surface area (Å²) in [5.74, 6) is 2.48. The predicted octanol–water partition coefficient (Wildman–Crippen LogP) is 1.54. The third kappa shape index (κ3) is 1.98. The molecule has 2 heteroatoms. The standard InChI is InChI=1S/C9H9NO/c1-2-3-6-9(11)10-7-4-5-8-10/h1,4-5,7-8H,3,6H2. The van der Waals surface area contributed by atoms with Gasteiger partial charge < -0.3 is 0 Å². The van der Waals surface area contributed by atoms with E-state index < -0.39 is 0 Å². The summed E-state index contributed by atoms with van der Waals surface area (Å²) < 4.78 is 1.54. The largest absolute Gasteiger partial charge is 0.295 e. The van der Waals surface area contributed by atoms with E-state index in [1.807, 2.05) is 12.1 Å². The van der Waals surface area contributed by atoms with Crippen molar-refractivity contribution < 1.29 is 4.79 Å². The van der Waals surface area contributed by atoms with Crippen LogP contribution in [0.4, 0.5) is 0 Å². The minimum atomic E-state index is 0.0490. The van der Waals surface area contributed by atoms with Gasteiger partial charge in [-0.3, -0.25) is 9.36 Å². The summed E-state index contributed by atoms with van der Waals surface area (Å²) in [5.41, 5.74) is 0. The van der Waals surface area contributed by atoms with Crippen LogP contribution in [-0.4, -0.2) is 10.5 Å². The van der Waals surface area contributed by atoms with Gasteiger partial charge in [-0.05, 0) is 12.1 Å². The fraction of sp³-hybridized carbons (Fsp3) is 0.222. The Morgan fingerprint density at radius 3 is 2.64 bits per heavy atom. The topological polar surface area (TPSA) is 22.0 Å². The lowest BCUT2D eigenvalue weighted by Crippen LogP contribution is -2.06. The Kier molecular flexibility index (Phi) is 2.51. The van der Waals surface area contributed by atoms with Crippen LogP contribution >= 0.6 is 0 Å². The van der Waals surface area contributed by atoms with Crippen molar-refractivity contribution in [2.75, 3.05) is 0 Å². The van der Waals surface area contributed by atoms with Gasteiger partial charge in [0, 0.05) is 25.2 Å². The van der Waals surface area contributed by atoms with Crippen LogP contribution in [0.5, 0.6) is 0 Å². The quantitative estimate of drug-likeness (QED) is 0.581. The first-order chi connectivity index (χ1) is 5.34. The summed E-state index contributed by atoms with van der Waals surface area (Å²) >= 11 is 0. The summed E-state index contributed by atoms with van der Waals surface area (Å²) in [7, 11) is 0. The molecule has 0 radical (unpaired) electrons. The zero-order chi connectivity index (χ0) is 8.10. The van der Waals surface area contributed by atoms with Crippen LogP contribution in [0.3, 0.4) is 0 Å². The maximum atomic E-state index is 11.1. The number of hydrogen-bond donors (Lipinski definition) is 0. The predicted molar refractivity (Wildman–Crippen MR) is 43.1 cm³/mol. The number of terminal acetylenes is 1. The molecule has 0 spiro atoms. The maximum absolute atomic E-state index is 11.1. The van der Waals surface area contributed by atoms with Gasteiger partial charge in [-0.15, -0.1) is 12.3 Å². The molecule has 0 aliphatic heterocycles. The first-order valence-corrected chi connectivity index (χ1v) is 3.44. The lowest BCUT2D eigenvalue weighted by Gasteiger charge is -1.96. The minimum absolute atomic E-state index is 0.0490. The second kappa shape index (κ2) is 3.62.